The molecule has 1 aromatic rings. The van der Waals surface area contributed by atoms with Gasteiger partial charge in [0, 0.05) is 26.2 Å². The van der Waals surface area contributed by atoms with Crippen LogP contribution in [0.3, 0.4) is 0 Å². The highest BCUT2D eigenvalue weighted by molar-refractivity contribution is 7.89. The summed E-state index contributed by atoms with van der Waals surface area (Å²) in [5.74, 6) is -1.03. The lowest BCUT2D eigenvalue weighted by molar-refractivity contribution is -0.149. The molecule has 4 saturated heterocycles. The second kappa shape index (κ2) is 26.1. The van der Waals surface area contributed by atoms with Gasteiger partial charge in [0.25, 0.3) is 0 Å². The lowest BCUT2D eigenvalue weighted by atomic mass is 9.83. The Hall–Kier alpha value is -3.11. The molecule has 0 saturated carbocycles. The van der Waals surface area contributed by atoms with Gasteiger partial charge in [-0.2, -0.15) is 8.61 Å². The Labute approximate surface area is 376 Å². The zero-order valence-corrected chi connectivity index (χ0v) is 40.7. The van der Waals surface area contributed by atoms with Gasteiger partial charge in [0.05, 0.1) is 49.4 Å². The molecule has 358 valence electrons. The predicted molar refractivity (Wildman–Crippen MR) is 240 cm³/mol. The summed E-state index contributed by atoms with van der Waals surface area (Å²) < 4.78 is 70.2. The van der Waals surface area contributed by atoms with Crippen molar-refractivity contribution in [1.29, 1.82) is 0 Å². The number of hydrogen-bond acceptors (Lipinski definition) is 16. The van der Waals surface area contributed by atoms with E-state index >= 15 is 0 Å². The van der Waals surface area contributed by atoms with Gasteiger partial charge in [-0.1, -0.05) is 45.9 Å². The van der Waals surface area contributed by atoms with Crippen molar-refractivity contribution in [1.82, 2.24) is 18.2 Å². The minimum absolute atomic E-state index is 0.0266. The first-order chi connectivity index (χ1) is 29.5. The molecule has 4 aliphatic heterocycles. The van der Waals surface area contributed by atoms with E-state index in [2.05, 4.69) is 0 Å². The van der Waals surface area contributed by atoms with Crippen molar-refractivity contribution >= 4 is 58.0 Å². The summed E-state index contributed by atoms with van der Waals surface area (Å²) in [4.78, 5) is 50.4. The number of rotatable bonds is 13. The van der Waals surface area contributed by atoms with E-state index in [9.17, 15) is 46.1 Å². The maximum Gasteiger partial charge on any atom is 0.377 e. The second-order valence-corrected chi connectivity index (χ2v) is 20.4. The molecule has 18 nitrogen and oxygen atoms in total. The van der Waals surface area contributed by atoms with Gasteiger partial charge in [0.1, 0.15) is 12.1 Å². The number of ether oxygens (including phenoxy) is 4. The number of hydrogen-bond donors (Lipinski definition) is 2. The molecule has 1 aromatic carbocycles. The zero-order chi connectivity index (χ0) is 47.8. The molecule has 2 N–H and O–H groups in total. The molecule has 22 heteroatoms. The molecule has 0 unspecified atom stereocenters. The van der Waals surface area contributed by atoms with Crippen molar-refractivity contribution < 1.29 is 65.0 Å². The fourth-order valence-corrected chi connectivity index (χ4v) is 10.9. The van der Waals surface area contributed by atoms with E-state index in [0.29, 0.717) is 45.9 Å². The summed E-state index contributed by atoms with van der Waals surface area (Å²) >= 11 is 0. The van der Waals surface area contributed by atoms with Gasteiger partial charge < -0.3 is 38.6 Å². The van der Waals surface area contributed by atoms with E-state index in [4.69, 9.17) is 18.9 Å². The Morgan fingerprint density at radius 1 is 0.619 bits per heavy atom. The summed E-state index contributed by atoms with van der Waals surface area (Å²) in [6.45, 7) is 22.8. The normalized spacial score (nSPS) is 26.5. The third-order valence-electron chi connectivity index (χ3n) is 11.7. The highest BCUT2D eigenvalue weighted by atomic mass is 32.2. The molecule has 63 heavy (non-hydrogen) atoms. The maximum absolute atomic E-state index is 12.5. The lowest BCUT2D eigenvalue weighted by Crippen LogP contribution is -2.47. The predicted octanol–water partition coefficient (Wildman–Crippen LogP) is 2.32. The minimum Gasteiger partial charge on any atom is -0.466 e. The Bertz CT molecular complexity index is 1830. The van der Waals surface area contributed by atoms with E-state index in [1.54, 1.807) is 69.6 Å². The summed E-state index contributed by atoms with van der Waals surface area (Å²) in [7, 11) is -7.89. The standard InChI is InChI=1S/C14H19NO4S.2C9H18BNO3.C9H17NO4S/c1-3-19-14(16)13-10-15(9-11(13)2)20(17,18)12-7-5-4-6-8-12;1-4-14-9(12)8-6-11(10(3)13)5-7(8)2;1-4-14-9(12)8-7(2)5-6-11(8)10(3)13;1-4-14-9(11)8-7(2)5-6-10(8)15(3,12)13/h4-8,11,13H,3,9-10H2,1-2H3;2*7-8,13H,4-6H2,1-3H3;7-8H,4-6H2,1-3H3/t11-,13-;3*7-,8-/m1111/s1. The van der Waals surface area contributed by atoms with Crippen LogP contribution in [0.4, 0.5) is 0 Å². The van der Waals surface area contributed by atoms with Crippen LogP contribution in [0.15, 0.2) is 35.2 Å². The molecule has 0 bridgehead atoms. The molecule has 8 atom stereocenters. The van der Waals surface area contributed by atoms with Gasteiger partial charge in [-0.25, -0.2) is 16.8 Å². The number of benzene rings is 1. The van der Waals surface area contributed by atoms with Crippen molar-refractivity contribution in [3.63, 3.8) is 0 Å². The second-order valence-electron chi connectivity index (χ2n) is 16.6. The van der Waals surface area contributed by atoms with Gasteiger partial charge in [-0.15, -0.1) is 0 Å². The SMILES string of the molecule is CCOC(=O)[C@@H]1CN(B(C)O)C[C@H]1C.CCOC(=O)[C@@H]1CN(S(=O)(=O)c2ccccc2)C[C@H]1C.CCOC(=O)[C@H]1[C@H](C)CCN1B(C)O.CCOC(=O)[C@H]1[C@H](C)CCN1S(C)(=O)=O. The van der Waals surface area contributed by atoms with E-state index in [0.717, 1.165) is 25.8 Å². The molecule has 4 fully saturated rings. The Morgan fingerprint density at radius 3 is 1.52 bits per heavy atom. The Balaban J connectivity index is 0.000000293. The summed E-state index contributed by atoms with van der Waals surface area (Å²) in [6.07, 6.45) is 2.77. The number of esters is 4. The number of carbonyl (C=O) groups is 4. The molecule has 0 aliphatic carbocycles. The average Bonchev–Trinajstić information content (AvgIpc) is 4.01. The number of carbonyl (C=O) groups excluding carboxylic acids is 4. The van der Waals surface area contributed by atoms with Crippen LogP contribution in [0.2, 0.25) is 13.6 Å². The average molecular weight is 931 g/mol. The van der Waals surface area contributed by atoms with Crippen LogP contribution in [-0.4, -0.2) is 167 Å². The Kier molecular flexibility index (Phi) is 23.2. The molecular formula is C41H72B2N4O14S2. The monoisotopic (exact) mass is 930 g/mol. The summed E-state index contributed by atoms with van der Waals surface area (Å²) in [5.41, 5.74) is 0. The highest BCUT2D eigenvalue weighted by Gasteiger charge is 2.44. The van der Waals surface area contributed by atoms with Crippen molar-refractivity contribution in [3.05, 3.63) is 30.3 Å². The van der Waals surface area contributed by atoms with Gasteiger partial charge in [0.15, 0.2) is 0 Å². The topological polar surface area (TPSA) is 227 Å². The minimum atomic E-state index is -3.53. The third-order valence-corrected chi connectivity index (χ3v) is 14.8. The largest absolute Gasteiger partial charge is 0.466 e. The first-order valence-corrected chi connectivity index (χ1v) is 25.3. The van der Waals surface area contributed by atoms with E-state index < -0.39 is 46.2 Å². The van der Waals surface area contributed by atoms with Gasteiger partial charge >= 0.3 is 38.0 Å². The van der Waals surface area contributed by atoms with Gasteiger partial charge in [-0.05, 0) is 103 Å². The first-order valence-electron chi connectivity index (χ1n) is 22.0. The first kappa shape index (κ1) is 56.0. The van der Waals surface area contributed by atoms with Crippen LogP contribution in [-0.2, 0) is 58.2 Å². The summed E-state index contributed by atoms with van der Waals surface area (Å²) in [6, 6.07) is 7.38. The van der Waals surface area contributed by atoms with E-state index in [1.165, 1.54) is 8.61 Å². The van der Waals surface area contributed by atoms with E-state index in [-0.39, 0.29) is 77.5 Å². The smallest absolute Gasteiger partial charge is 0.377 e. The molecule has 4 aliphatic rings. The zero-order valence-electron chi connectivity index (χ0n) is 39.0. The van der Waals surface area contributed by atoms with Crippen LogP contribution >= 0.6 is 0 Å². The molecule has 4 heterocycles. The quantitative estimate of drug-likeness (QED) is 0.164. The molecule has 0 spiro atoms. The van der Waals surface area contributed by atoms with Gasteiger partial charge in [0.2, 0.25) is 20.0 Å². The Morgan fingerprint density at radius 2 is 1.06 bits per heavy atom. The van der Waals surface area contributed by atoms with Crippen LogP contribution in [0.5, 0.6) is 0 Å². The van der Waals surface area contributed by atoms with Crippen LogP contribution in [0.25, 0.3) is 0 Å². The maximum atomic E-state index is 12.5. The third kappa shape index (κ3) is 16.1. The van der Waals surface area contributed by atoms with Crippen LogP contribution in [0.1, 0.15) is 68.2 Å². The summed E-state index contributed by atoms with van der Waals surface area (Å²) in [5, 5.41) is 18.8. The van der Waals surface area contributed by atoms with Gasteiger partial charge in [-0.3, -0.25) is 19.2 Å². The number of sulfonamides is 2. The molecule has 0 amide bonds. The molecule has 5 rings (SSSR count). The van der Waals surface area contributed by atoms with E-state index in [1.807, 2.05) is 39.4 Å². The van der Waals surface area contributed by atoms with Crippen molar-refractivity contribution in [2.24, 2.45) is 35.5 Å². The molecule has 0 radical (unpaired) electrons. The van der Waals surface area contributed by atoms with Crippen molar-refractivity contribution in [2.75, 3.05) is 72.0 Å². The van der Waals surface area contributed by atoms with Crippen LogP contribution in [0, 0.1) is 35.5 Å². The lowest BCUT2D eigenvalue weighted by Gasteiger charge is -2.25. The molecular weight excluding hydrogens is 858 g/mol. The number of nitrogens with zero attached hydrogens (tertiary/aromatic N) is 4. The van der Waals surface area contributed by atoms with Crippen molar-refractivity contribution in [3.8, 4) is 0 Å². The molecule has 0 aromatic heterocycles. The fraction of sp³-hybridized carbons (Fsp3) is 0.756. The highest BCUT2D eigenvalue weighted by Crippen LogP contribution is 2.30. The fourth-order valence-electron chi connectivity index (χ4n) is 8.13. The van der Waals surface area contributed by atoms with Crippen molar-refractivity contribution in [2.45, 2.75) is 98.9 Å². The van der Waals surface area contributed by atoms with Crippen LogP contribution < -0.4 is 0 Å².